The first-order chi connectivity index (χ1) is 8.72. The summed E-state index contributed by atoms with van der Waals surface area (Å²) in [7, 11) is 2.14. The zero-order chi connectivity index (χ0) is 13.0. The number of likely N-dealkylation sites (N-methyl/N-ethyl adjacent to an activating group) is 1. The van der Waals surface area contributed by atoms with E-state index in [0.717, 1.165) is 43.2 Å². The van der Waals surface area contributed by atoms with Crippen molar-refractivity contribution in [1.29, 1.82) is 0 Å². The Labute approximate surface area is 114 Å². The molecule has 1 heterocycles. The summed E-state index contributed by atoms with van der Waals surface area (Å²) in [6, 6.07) is 8.39. The van der Waals surface area contributed by atoms with Gasteiger partial charge in [0, 0.05) is 25.7 Å². The van der Waals surface area contributed by atoms with Gasteiger partial charge in [0.25, 0.3) is 0 Å². The average molecular weight is 269 g/mol. The van der Waals surface area contributed by atoms with Gasteiger partial charge in [0.15, 0.2) is 0 Å². The number of rotatable bonds is 3. The fraction of sp³-hybridized carbons (Fsp3) is 0.571. The maximum absolute atomic E-state index is 9.17. The molecular weight excluding hydrogens is 248 g/mol. The van der Waals surface area contributed by atoms with Crippen LogP contribution in [0.4, 0.5) is 5.69 Å². The third-order valence-electron chi connectivity index (χ3n) is 3.65. The molecule has 0 amide bonds. The van der Waals surface area contributed by atoms with Crippen LogP contribution in [0.5, 0.6) is 0 Å². The Hall–Kier alpha value is -0.770. The first kappa shape index (κ1) is 13.7. The van der Waals surface area contributed by atoms with Crippen molar-refractivity contribution in [3.8, 4) is 0 Å². The van der Waals surface area contributed by atoms with E-state index in [9.17, 15) is 0 Å². The molecule has 1 aliphatic heterocycles. The summed E-state index contributed by atoms with van der Waals surface area (Å²) in [5.74, 6) is 0. The molecule has 0 radical (unpaired) electrons. The molecule has 1 fully saturated rings. The Kier molecular flexibility index (Phi) is 4.87. The molecule has 1 atom stereocenters. The molecule has 1 aliphatic rings. The van der Waals surface area contributed by atoms with Crippen LogP contribution >= 0.6 is 11.6 Å². The summed E-state index contributed by atoms with van der Waals surface area (Å²) in [4.78, 5) is 4.68. The quantitative estimate of drug-likeness (QED) is 0.911. The molecule has 1 N–H and O–H groups in total. The van der Waals surface area contributed by atoms with E-state index in [1.165, 1.54) is 0 Å². The lowest BCUT2D eigenvalue weighted by Gasteiger charge is -2.30. The third kappa shape index (κ3) is 3.16. The van der Waals surface area contributed by atoms with Crippen LogP contribution in [-0.2, 0) is 0 Å². The van der Waals surface area contributed by atoms with Gasteiger partial charge in [0.1, 0.15) is 0 Å². The van der Waals surface area contributed by atoms with Gasteiger partial charge >= 0.3 is 0 Å². The first-order valence-corrected chi connectivity index (χ1v) is 6.90. The number of para-hydroxylation sites is 1. The van der Waals surface area contributed by atoms with Gasteiger partial charge in [0.2, 0.25) is 0 Å². The van der Waals surface area contributed by atoms with Crippen molar-refractivity contribution in [2.24, 2.45) is 0 Å². The minimum Gasteiger partial charge on any atom is -0.396 e. The summed E-state index contributed by atoms with van der Waals surface area (Å²) in [6.45, 7) is 3.27. The maximum Gasteiger partial charge on any atom is 0.0639 e. The molecule has 2 rings (SSSR count). The molecule has 0 aliphatic carbocycles. The van der Waals surface area contributed by atoms with Crippen molar-refractivity contribution in [3.05, 3.63) is 29.3 Å². The Morgan fingerprint density at radius 1 is 1.33 bits per heavy atom. The van der Waals surface area contributed by atoms with Gasteiger partial charge in [-0.15, -0.1) is 0 Å². The van der Waals surface area contributed by atoms with Gasteiger partial charge in [-0.05, 0) is 38.6 Å². The van der Waals surface area contributed by atoms with Crippen LogP contribution in [0.1, 0.15) is 12.8 Å². The van der Waals surface area contributed by atoms with Crippen LogP contribution in [0.15, 0.2) is 24.3 Å². The topological polar surface area (TPSA) is 26.7 Å². The van der Waals surface area contributed by atoms with Crippen molar-refractivity contribution in [3.63, 3.8) is 0 Å². The molecule has 1 unspecified atom stereocenters. The second-order valence-electron chi connectivity index (χ2n) is 4.90. The van der Waals surface area contributed by atoms with Crippen LogP contribution in [0.3, 0.4) is 0 Å². The molecule has 0 spiro atoms. The molecule has 0 saturated carbocycles. The van der Waals surface area contributed by atoms with Gasteiger partial charge in [-0.3, -0.25) is 0 Å². The van der Waals surface area contributed by atoms with E-state index in [1.807, 2.05) is 18.2 Å². The summed E-state index contributed by atoms with van der Waals surface area (Å²) in [6.07, 6.45) is 1.95. The van der Waals surface area contributed by atoms with Crippen LogP contribution in [-0.4, -0.2) is 49.3 Å². The zero-order valence-electron chi connectivity index (χ0n) is 10.8. The van der Waals surface area contributed by atoms with E-state index >= 15 is 0 Å². The SMILES string of the molecule is CN1CCCN(c2ccccc2Cl)CC1CCO. The molecule has 4 heteroatoms. The first-order valence-electron chi connectivity index (χ1n) is 6.53. The largest absolute Gasteiger partial charge is 0.396 e. The average Bonchev–Trinajstić information content (AvgIpc) is 2.54. The highest BCUT2D eigenvalue weighted by Crippen LogP contribution is 2.27. The second kappa shape index (κ2) is 6.41. The lowest BCUT2D eigenvalue weighted by atomic mass is 10.1. The highest BCUT2D eigenvalue weighted by molar-refractivity contribution is 6.33. The third-order valence-corrected chi connectivity index (χ3v) is 3.97. The summed E-state index contributed by atoms with van der Waals surface area (Å²) >= 11 is 6.27. The lowest BCUT2D eigenvalue weighted by molar-refractivity contribution is 0.196. The van der Waals surface area contributed by atoms with Gasteiger partial charge in [-0.25, -0.2) is 0 Å². The van der Waals surface area contributed by atoms with Crippen molar-refractivity contribution < 1.29 is 5.11 Å². The van der Waals surface area contributed by atoms with E-state index in [2.05, 4.69) is 22.9 Å². The van der Waals surface area contributed by atoms with Gasteiger partial charge < -0.3 is 14.9 Å². The lowest BCUT2D eigenvalue weighted by Crippen LogP contribution is -2.39. The molecule has 0 bridgehead atoms. The zero-order valence-corrected chi connectivity index (χ0v) is 11.6. The molecule has 100 valence electrons. The second-order valence-corrected chi connectivity index (χ2v) is 5.30. The maximum atomic E-state index is 9.17. The Morgan fingerprint density at radius 3 is 2.83 bits per heavy atom. The molecule has 3 nitrogen and oxygen atoms in total. The van der Waals surface area contributed by atoms with E-state index < -0.39 is 0 Å². The fourth-order valence-electron chi connectivity index (χ4n) is 2.57. The van der Waals surface area contributed by atoms with E-state index in [4.69, 9.17) is 16.7 Å². The Morgan fingerprint density at radius 2 is 2.11 bits per heavy atom. The van der Waals surface area contributed by atoms with Gasteiger partial charge in [-0.1, -0.05) is 23.7 Å². The van der Waals surface area contributed by atoms with Crippen molar-refractivity contribution in [2.75, 3.05) is 38.2 Å². The predicted octanol–water partition coefficient (Wildman–Crippen LogP) is 2.23. The minimum absolute atomic E-state index is 0.241. The molecule has 1 aromatic rings. The minimum atomic E-state index is 0.241. The molecule has 1 aromatic carbocycles. The van der Waals surface area contributed by atoms with Crippen molar-refractivity contribution in [2.45, 2.75) is 18.9 Å². The smallest absolute Gasteiger partial charge is 0.0639 e. The number of benzene rings is 1. The van der Waals surface area contributed by atoms with Crippen LogP contribution in [0, 0.1) is 0 Å². The summed E-state index contributed by atoms with van der Waals surface area (Å²) < 4.78 is 0. The summed E-state index contributed by atoms with van der Waals surface area (Å²) in [5, 5.41) is 9.98. The van der Waals surface area contributed by atoms with Gasteiger partial charge in [0.05, 0.1) is 10.7 Å². The van der Waals surface area contributed by atoms with E-state index in [1.54, 1.807) is 0 Å². The van der Waals surface area contributed by atoms with Gasteiger partial charge in [-0.2, -0.15) is 0 Å². The standard InChI is InChI=1S/C14H21ClN2O/c1-16-8-4-9-17(11-12(16)7-10-18)14-6-3-2-5-13(14)15/h2-3,5-6,12,18H,4,7-11H2,1H3. The predicted molar refractivity (Wildman–Crippen MR) is 76.4 cm³/mol. The number of aliphatic hydroxyl groups excluding tert-OH is 1. The van der Waals surface area contributed by atoms with Crippen LogP contribution in [0.2, 0.25) is 5.02 Å². The van der Waals surface area contributed by atoms with Crippen molar-refractivity contribution in [1.82, 2.24) is 4.90 Å². The number of anilines is 1. The molecule has 0 aromatic heterocycles. The molecule has 18 heavy (non-hydrogen) atoms. The normalized spacial score (nSPS) is 21.9. The number of halogens is 1. The number of hydrogen-bond donors (Lipinski definition) is 1. The van der Waals surface area contributed by atoms with E-state index in [-0.39, 0.29) is 6.61 Å². The Bertz CT molecular complexity index is 386. The Balaban J connectivity index is 2.15. The molecule has 1 saturated heterocycles. The van der Waals surface area contributed by atoms with E-state index in [0.29, 0.717) is 6.04 Å². The number of aliphatic hydroxyl groups is 1. The monoisotopic (exact) mass is 268 g/mol. The summed E-state index contributed by atoms with van der Waals surface area (Å²) in [5.41, 5.74) is 1.11. The van der Waals surface area contributed by atoms with Crippen molar-refractivity contribution >= 4 is 17.3 Å². The highest BCUT2D eigenvalue weighted by Gasteiger charge is 2.22. The van der Waals surface area contributed by atoms with Crippen LogP contribution in [0.25, 0.3) is 0 Å². The molecular formula is C14H21ClN2O. The number of nitrogens with zero attached hydrogens (tertiary/aromatic N) is 2. The fourth-order valence-corrected chi connectivity index (χ4v) is 2.82. The van der Waals surface area contributed by atoms with Crippen LogP contribution < -0.4 is 4.90 Å². The number of hydrogen-bond acceptors (Lipinski definition) is 3. The highest BCUT2D eigenvalue weighted by atomic mass is 35.5.